The number of carboxylic acid groups (broad SMARTS) is 1. The molecule has 1 amide bonds. The predicted molar refractivity (Wildman–Crippen MR) is 108 cm³/mol. The monoisotopic (exact) mass is 395 g/mol. The molecule has 2 aromatic rings. The van der Waals surface area contributed by atoms with E-state index in [4.69, 9.17) is 4.74 Å². The summed E-state index contributed by atoms with van der Waals surface area (Å²) in [6.07, 6.45) is 0.945. The topological polar surface area (TPSA) is 83.9 Å². The Morgan fingerprint density at radius 1 is 1.00 bits per heavy atom. The Balaban J connectivity index is 1.53. The maximum absolute atomic E-state index is 12.6. The zero-order valence-corrected chi connectivity index (χ0v) is 16.4. The van der Waals surface area contributed by atoms with Crippen LogP contribution in [-0.4, -0.2) is 47.9 Å². The quantitative estimate of drug-likeness (QED) is 0.693. The lowest BCUT2D eigenvalue weighted by Gasteiger charge is -2.16. The Morgan fingerprint density at radius 3 is 2.31 bits per heavy atom. The van der Waals surface area contributed by atoms with Gasteiger partial charge in [-0.05, 0) is 36.2 Å². The van der Waals surface area contributed by atoms with Gasteiger partial charge in [-0.2, -0.15) is 0 Å². The van der Waals surface area contributed by atoms with Gasteiger partial charge in [-0.25, -0.2) is 0 Å². The molecule has 6 nitrogen and oxygen atoms in total. The second-order valence-corrected chi connectivity index (χ2v) is 7.27. The molecule has 0 radical (unpaired) electrons. The number of ketones is 1. The number of hydrogen-bond acceptors (Lipinski definition) is 4. The van der Waals surface area contributed by atoms with E-state index in [0.717, 1.165) is 5.56 Å². The van der Waals surface area contributed by atoms with E-state index in [2.05, 4.69) is 0 Å². The summed E-state index contributed by atoms with van der Waals surface area (Å²) in [5.74, 6) is -1.14. The van der Waals surface area contributed by atoms with Gasteiger partial charge in [0.1, 0.15) is 5.75 Å². The maximum Gasteiger partial charge on any atom is 0.308 e. The molecule has 6 heteroatoms. The lowest BCUT2D eigenvalue weighted by Crippen LogP contribution is -2.29. The Morgan fingerprint density at radius 2 is 1.69 bits per heavy atom. The van der Waals surface area contributed by atoms with Crippen molar-refractivity contribution in [2.75, 3.05) is 20.2 Å². The van der Waals surface area contributed by atoms with Crippen molar-refractivity contribution in [1.29, 1.82) is 0 Å². The largest absolute Gasteiger partial charge is 0.497 e. The number of Topliss-reactive ketones (excluding diaryl/α,β-unsaturated/α-hetero) is 1. The molecule has 0 spiro atoms. The molecule has 1 N–H and O–H groups in total. The van der Waals surface area contributed by atoms with E-state index >= 15 is 0 Å². The highest BCUT2D eigenvalue weighted by Crippen LogP contribution is 2.33. The van der Waals surface area contributed by atoms with Gasteiger partial charge in [0, 0.05) is 37.4 Å². The Hall–Kier alpha value is -3.15. The van der Waals surface area contributed by atoms with Crippen molar-refractivity contribution < 1.29 is 24.2 Å². The molecule has 0 unspecified atom stereocenters. The minimum Gasteiger partial charge on any atom is -0.497 e. The predicted octanol–water partition coefficient (Wildman–Crippen LogP) is 3.38. The minimum absolute atomic E-state index is 0.0209. The summed E-state index contributed by atoms with van der Waals surface area (Å²) in [5.41, 5.74) is 1.53. The third-order valence-electron chi connectivity index (χ3n) is 5.42. The van der Waals surface area contributed by atoms with Gasteiger partial charge in [0.25, 0.3) is 0 Å². The van der Waals surface area contributed by atoms with Crippen molar-refractivity contribution in [2.24, 2.45) is 5.92 Å². The van der Waals surface area contributed by atoms with Gasteiger partial charge in [-0.3, -0.25) is 14.4 Å². The molecule has 29 heavy (non-hydrogen) atoms. The zero-order chi connectivity index (χ0) is 20.8. The van der Waals surface area contributed by atoms with Crippen LogP contribution in [0.2, 0.25) is 0 Å². The first-order chi connectivity index (χ1) is 14.0. The van der Waals surface area contributed by atoms with E-state index in [0.29, 0.717) is 24.3 Å². The molecule has 152 valence electrons. The number of carbonyl (C=O) groups is 3. The Bertz CT molecular complexity index is 863. The van der Waals surface area contributed by atoms with Crippen LogP contribution >= 0.6 is 0 Å². The van der Waals surface area contributed by atoms with Crippen LogP contribution in [0.1, 0.15) is 41.1 Å². The molecule has 1 heterocycles. The van der Waals surface area contributed by atoms with Gasteiger partial charge >= 0.3 is 5.97 Å². The van der Waals surface area contributed by atoms with Crippen LogP contribution in [0, 0.1) is 5.92 Å². The van der Waals surface area contributed by atoms with Crippen molar-refractivity contribution in [1.82, 2.24) is 4.90 Å². The first kappa shape index (κ1) is 20.6. The van der Waals surface area contributed by atoms with Crippen LogP contribution in [0.15, 0.2) is 54.6 Å². The van der Waals surface area contributed by atoms with Crippen LogP contribution in [0.4, 0.5) is 0 Å². The minimum atomic E-state index is -0.885. The van der Waals surface area contributed by atoms with E-state index in [1.165, 1.54) is 0 Å². The van der Waals surface area contributed by atoms with Crippen LogP contribution in [0.5, 0.6) is 5.75 Å². The summed E-state index contributed by atoms with van der Waals surface area (Å²) in [4.78, 5) is 38.2. The maximum atomic E-state index is 12.6. The van der Waals surface area contributed by atoms with E-state index < -0.39 is 11.9 Å². The number of amides is 1. The number of carbonyl (C=O) groups excluding carboxylic acids is 2. The molecule has 0 saturated carbocycles. The number of rotatable bonds is 8. The summed E-state index contributed by atoms with van der Waals surface area (Å²) in [5, 5.41) is 9.57. The number of nitrogens with zero attached hydrogens (tertiary/aromatic N) is 1. The summed E-state index contributed by atoms with van der Waals surface area (Å²) in [6, 6.07) is 16.3. The molecule has 3 rings (SSSR count). The van der Waals surface area contributed by atoms with Gasteiger partial charge in [-0.15, -0.1) is 0 Å². The average Bonchev–Trinajstić information content (AvgIpc) is 3.20. The second kappa shape index (κ2) is 9.37. The fourth-order valence-corrected chi connectivity index (χ4v) is 3.78. The number of methoxy groups -OCH3 is 1. The molecule has 2 atom stereocenters. The van der Waals surface area contributed by atoms with Gasteiger partial charge in [0.05, 0.1) is 13.0 Å². The Labute approximate surface area is 170 Å². The number of benzene rings is 2. The standard InChI is InChI=1S/C23H25NO5/c1-29-18-12-10-17(11-13-18)21(25)8-5-9-22(26)24-14-19(20(15-24)23(27)28)16-6-3-2-4-7-16/h2-4,6-7,10-13,19-20H,5,8-9,14-15H2,1H3,(H,27,28)/t19-,20-/m0/s1. The highest BCUT2D eigenvalue weighted by atomic mass is 16.5. The molecule has 2 aromatic carbocycles. The van der Waals surface area contributed by atoms with Crippen molar-refractivity contribution in [3.05, 3.63) is 65.7 Å². The smallest absolute Gasteiger partial charge is 0.308 e. The average molecular weight is 395 g/mol. The van der Waals surface area contributed by atoms with Gasteiger partial charge in [0.15, 0.2) is 5.78 Å². The molecule has 0 aliphatic carbocycles. The highest BCUT2D eigenvalue weighted by Gasteiger charge is 2.40. The summed E-state index contributed by atoms with van der Waals surface area (Å²) in [7, 11) is 1.57. The molecule has 1 aliphatic rings. The fraction of sp³-hybridized carbons (Fsp3) is 0.348. The van der Waals surface area contributed by atoms with Crippen LogP contribution < -0.4 is 4.74 Å². The lowest BCUT2D eigenvalue weighted by molar-refractivity contribution is -0.141. The summed E-state index contributed by atoms with van der Waals surface area (Å²) >= 11 is 0. The molecule has 1 fully saturated rings. The van der Waals surface area contributed by atoms with Crippen LogP contribution in [0.3, 0.4) is 0 Å². The molecule has 0 aromatic heterocycles. The number of carboxylic acids is 1. The SMILES string of the molecule is COc1ccc(C(=O)CCCC(=O)N2C[C@H](C(=O)O)[C@H](c3ccccc3)C2)cc1. The normalized spacial score (nSPS) is 18.4. The Kier molecular flexibility index (Phi) is 6.65. The van der Waals surface area contributed by atoms with Gasteiger partial charge in [0.2, 0.25) is 5.91 Å². The number of ether oxygens (including phenoxy) is 1. The summed E-state index contributed by atoms with van der Waals surface area (Å²) < 4.78 is 5.08. The summed E-state index contributed by atoms with van der Waals surface area (Å²) in [6.45, 7) is 0.604. The number of hydrogen-bond donors (Lipinski definition) is 1. The van der Waals surface area contributed by atoms with Crippen LogP contribution in [-0.2, 0) is 9.59 Å². The van der Waals surface area contributed by atoms with Crippen LogP contribution in [0.25, 0.3) is 0 Å². The zero-order valence-electron chi connectivity index (χ0n) is 16.4. The number of aliphatic carboxylic acids is 1. The molecule has 0 bridgehead atoms. The van der Waals surface area contributed by atoms with E-state index in [9.17, 15) is 19.5 Å². The van der Waals surface area contributed by atoms with Gasteiger partial charge < -0.3 is 14.7 Å². The molecular weight excluding hydrogens is 370 g/mol. The fourth-order valence-electron chi connectivity index (χ4n) is 3.78. The number of likely N-dealkylation sites (tertiary alicyclic amines) is 1. The second-order valence-electron chi connectivity index (χ2n) is 7.27. The first-order valence-corrected chi connectivity index (χ1v) is 9.72. The third kappa shape index (κ3) is 5.02. The molecular formula is C23H25NO5. The van der Waals surface area contributed by atoms with Crippen molar-refractivity contribution in [3.63, 3.8) is 0 Å². The third-order valence-corrected chi connectivity index (χ3v) is 5.42. The molecule has 1 aliphatic heterocycles. The van der Waals surface area contributed by atoms with Crippen molar-refractivity contribution >= 4 is 17.7 Å². The van der Waals surface area contributed by atoms with Crippen molar-refractivity contribution in [2.45, 2.75) is 25.2 Å². The highest BCUT2D eigenvalue weighted by molar-refractivity contribution is 5.96. The lowest BCUT2D eigenvalue weighted by atomic mass is 9.89. The van der Waals surface area contributed by atoms with E-state index in [-0.39, 0.29) is 37.0 Å². The van der Waals surface area contributed by atoms with Gasteiger partial charge in [-0.1, -0.05) is 30.3 Å². The van der Waals surface area contributed by atoms with E-state index in [1.54, 1.807) is 36.3 Å². The van der Waals surface area contributed by atoms with Crippen molar-refractivity contribution in [3.8, 4) is 5.75 Å². The van der Waals surface area contributed by atoms with E-state index in [1.807, 2.05) is 30.3 Å². The first-order valence-electron chi connectivity index (χ1n) is 9.72. The molecule has 1 saturated heterocycles.